The Morgan fingerprint density at radius 3 is 2.53 bits per heavy atom. The summed E-state index contributed by atoms with van der Waals surface area (Å²) in [7, 11) is 1.30. The number of carbonyl (C=O) groups excluding carboxylic acids is 2. The summed E-state index contributed by atoms with van der Waals surface area (Å²) in [6, 6.07) is 0. The third-order valence-corrected chi connectivity index (χ3v) is 2.79. The van der Waals surface area contributed by atoms with Crippen LogP contribution in [0.2, 0.25) is 0 Å². The first-order valence-electron chi connectivity index (χ1n) is 6.12. The van der Waals surface area contributed by atoms with Crippen LogP contribution in [-0.2, 0) is 9.53 Å². The summed E-state index contributed by atoms with van der Waals surface area (Å²) >= 11 is 0. The van der Waals surface area contributed by atoms with E-state index in [-0.39, 0.29) is 5.69 Å². The number of nitrogens with zero attached hydrogens (tertiary/aromatic N) is 2. The van der Waals surface area contributed by atoms with Gasteiger partial charge in [-0.3, -0.25) is 9.78 Å². The fourth-order valence-corrected chi connectivity index (χ4v) is 1.77. The van der Waals surface area contributed by atoms with E-state index in [1.807, 2.05) is 6.92 Å². The van der Waals surface area contributed by atoms with E-state index in [1.165, 1.54) is 19.5 Å². The van der Waals surface area contributed by atoms with E-state index in [4.69, 9.17) is 4.74 Å². The van der Waals surface area contributed by atoms with E-state index >= 15 is 0 Å². The summed E-state index contributed by atoms with van der Waals surface area (Å²) in [5, 5.41) is 2.66. The van der Waals surface area contributed by atoms with Crippen molar-refractivity contribution in [3.05, 3.63) is 23.8 Å². The van der Waals surface area contributed by atoms with Crippen LogP contribution < -0.4 is 5.32 Å². The van der Waals surface area contributed by atoms with Crippen molar-refractivity contribution in [2.45, 2.75) is 39.2 Å². The lowest BCUT2D eigenvalue weighted by Crippen LogP contribution is -2.52. The van der Waals surface area contributed by atoms with Crippen LogP contribution in [0.5, 0.6) is 0 Å². The summed E-state index contributed by atoms with van der Waals surface area (Å²) in [5.74, 6) is -0.906. The summed E-state index contributed by atoms with van der Waals surface area (Å²) in [5.41, 5.74) is -0.148. The monoisotopic (exact) mass is 265 g/mol. The molecule has 0 bridgehead atoms. The van der Waals surface area contributed by atoms with Gasteiger partial charge in [-0.05, 0) is 20.3 Å². The number of nitrogens with one attached hydrogen (secondary N) is 1. The SMILES string of the molecule is CCCC(C)(NC(=O)c1cnc(C)cn1)C(=O)OC. The Labute approximate surface area is 112 Å². The molecule has 6 heteroatoms. The van der Waals surface area contributed by atoms with E-state index in [9.17, 15) is 9.59 Å². The lowest BCUT2D eigenvalue weighted by Gasteiger charge is -2.27. The molecule has 1 amide bonds. The van der Waals surface area contributed by atoms with Gasteiger partial charge in [0.15, 0.2) is 0 Å². The zero-order valence-electron chi connectivity index (χ0n) is 11.7. The summed E-state index contributed by atoms with van der Waals surface area (Å²) < 4.78 is 4.73. The second kappa shape index (κ2) is 6.26. The molecule has 1 heterocycles. The molecular formula is C13H19N3O3. The fourth-order valence-electron chi connectivity index (χ4n) is 1.77. The van der Waals surface area contributed by atoms with Crippen molar-refractivity contribution in [2.75, 3.05) is 7.11 Å². The number of amides is 1. The Kier molecular flexibility index (Phi) is 4.97. The van der Waals surface area contributed by atoms with Crippen molar-refractivity contribution < 1.29 is 14.3 Å². The van der Waals surface area contributed by atoms with Gasteiger partial charge in [-0.2, -0.15) is 0 Å². The summed E-state index contributed by atoms with van der Waals surface area (Å²) in [6.07, 6.45) is 4.12. The maximum absolute atomic E-state index is 12.0. The number of esters is 1. The number of ether oxygens (including phenoxy) is 1. The van der Waals surface area contributed by atoms with E-state index in [0.717, 1.165) is 12.1 Å². The number of hydrogen-bond donors (Lipinski definition) is 1. The minimum atomic E-state index is -1.05. The molecule has 1 rings (SSSR count). The standard InChI is InChI=1S/C13H19N3O3/c1-5-6-13(3,12(18)19-4)16-11(17)10-8-14-9(2)7-15-10/h7-8H,5-6H2,1-4H3,(H,16,17). The molecule has 6 nitrogen and oxygen atoms in total. The minimum Gasteiger partial charge on any atom is -0.467 e. The van der Waals surface area contributed by atoms with E-state index in [2.05, 4.69) is 15.3 Å². The predicted octanol–water partition coefficient (Wildman–Crippen LogP) is 1.25. The molecule has 1 unspecified atom stereocenters. The van der Waals surface area contributed by atoms with Gasteiger partial charge in [-0.15, -0.1) is 0 Å². The molecule has 0 aliphatic heterocycles. The Hall–Kier alpha value is -1.98. The van der Waals surface area contributed by atoms with Crippen LogP contribution >= 0.6 is 0 Å². The van der Waals surface area contributed by atoms with Gasteiger partial charge in [0.2, 0.25) is 0 Å². The Morgan fingerprint density at radius 1 is 1.37 bits per heavy atom. The van der Waals surface area contributed by atoms with Crippen LogP contribution in [-0.4, -0.2) is 34.5 Å². The summed E-state index contributed by atoms with van der Waals surface area (Å²) in [6.45, 7) is 5.35. The van der Waals surface area contributed by atoms with E-state index in [0.29, 0.717) is 6.42 Å². The largest absolute Gasteiger partial charge is 0.467 e. The minimum absolute atomic E-state index is 0.178. The highest BCUT2D eigenvalue weighted by molar-refractivity contribution is 5.96. The molecule has 1 aromatic rings. The van der Waals surface area contributed by atoms with Crippen LogP contribution in [0.4, 0.5) is 0 Å². The second-order valence-corrected chi connectivity index (χ2v) is 4.57. The van der Waals surface area contributed by atoms with E-state index in [1.54, 1.807) is 13.8 Å². The first-order chi connectivity index (χ1) is 8.92. The zero-order chi connectivity index (χ0) is 14.5. The molecule has 1 atom stereocenters. The number of rotatable bonds is 5. The second-order valence-electron chi connectivity index (χ2n) is 4.57. The first-order valence-corrected chi connectivity index (χ1v) is 6.12. The van der Waals surface area contributed by atoms with Crippen LogP contribution in [0.15, 0.2) is 12.4 Å². The Balaban J connectivity index is 2.87. The highest BCUT2D eigenvalue weighted by Crippen LogP contribution is 2.15. The average Bonchev–Trinajstić information content (AvgIpc) is 2.38. The predicted molar refractivity (Wildman–Crippen MR) is 69.6 cm³/mol. The maximum atomic E-state index is 12.0. The third-order valence-electron chi connectivity index (χ3n) is 2.79. The molecule has 0 radical (unpaired) electrons. The van der Waals surface area contributed by atoms with Crippen molar-refractivity contribution in [1.82, 2.24) is 15.3 Å². The number of hydrogen-bond acceptors (Lipinski definition) is 5. The van der Waals surface area contributed by atoms with Crippen molar-refractivity contribution in [3.63, 3.8) is 0 Å². The molecule has 1 N–H and O–H groups in total. The third kappa shape index (κ3) is 3.74. The van der Waals surface area contributed by atoms with Crippen LogP contribution in [0, 0.1) is 6.92 Å². The number of carbonyl (C=O) groups is 2. The van der Waals surface area contributed by atoms with Gasteiger partial charge >= 0.3 is 5.97 Å². The van der Waals surface area contributed by atoms with Gasteiger partial charge in [0, 0.05) is 6.20 Å². The molecule has 0 fully saturated rings. The smallest absolute Gasteiger partial charge is 0.331 e. The van der Waals surface area contributed by atoms with Crippen molar-refractivity contribution in [1.29, 1.82) is 0 Å². The highest BCUT2D eigenvalue weighted by Gasteiger charge is 2.35. The molecule has 19 heavy (non-hydrogen) atoms. The van der Waals surface area contributed by atoms with Gasteiger partial charge in [-0.1, -0.05) is 13.3 Å². The average molecular weight is 265 g/mol. The number of aryl methyl sites for hydroxylation is 1. The quantitative estimate of drug-likeness (QED) is 0.810. The molecule has 0 saturated heterocycles. The Bertz CT molecular complexity index is 459. The van der Waals surface area contributed by atoms with Gasteiger partial charge in [0.25, 0.3) is 5.91 Å². The summed E-state index contributed by atoms with van der Waals surface area (Å²) in [4.78, 5) is 31.8. The molecule has 0 aliphatic carbocycles. The molecule has 0 aromatic carbocycles. The fraction of sp³-hybridized carbons (Fsp3) is 0.538. The van der Waals surface area contributed by atoms with Crippen molar-refractivity contribution in [2.24, 2.45) is 0 Å². The van der Waals surface area contributed by atoms with Crippen LogP contribution in [0.25, 0.3) is 0 Å². The maximum Gasteiger partial charge on any atom is 0.331 e. The molecule has 0 saturated carbocycles. The lowest BCUT2D eigenvalue weighted by atomic mass is 9.96. The topological polar surface area (TPSA) is 81.2 Å². The van der Waals surface area contributed by atoms with Crippen molar-refractivity contribution in [3.8, 4) is 0 Å². The lowest BCUT2D eigenvalue weighted by molar-refractivity contribution is -0.147. The molecular weight excluding hydrogens is 246 g/mol. The van der Waals surface area contributed by atoms with Crippen molar-refractivity contribution >= 4 is 11.9 Å². The normalized spacial score (nSPS) is 13.5. The zero-order valence-corrected chi connectivity index (χ0v) is 11.7. The van der Waals surface area contributed by atoms with Gasteiger partial charge in [-0.25, -0.2) is 9.78 Å². The Morgan fingerprint density at radius 2 is 2.05 bits per heavy atom. The number of aromatic nitrogens is 2. The van der Waals surface area contributed by atoms with Gasteiger partial charge in [0.05, 0.1) is 19.0 Å². The van der Waals surface area contributed by atoms with Gasteiger partial charge in [0.1, 0.15) is 11.2 Å². The molecule has 0 spiro atoms. The van der Waals surface area contributed by atoms with E-state index < -0.39 is 17.4 Å². The van der Waals surface area contributed by atoms with Crippen LogP contribution in [0.3, 0.4) is 0 Å². The first kappa shape index (κ1) is 15.1. The highest BCUT2D eigenvalue weighted by atomic mass is 16.5. The van der Waals surface area contributed by atoms with Crippen LogP contribution in [0.1, 0.15) is 42.9 Å². The molecule has 1 aromatic heterocycles. The number of methoxy groups -OCH3 is 1. The molecule has 0 aliphatic rings. The van der Waals surface area contributed by atoms with Gasteiger partial charge < -0.3 is 10.1 Å². The molecule has 104 valence electrons.